The third-order valence-corrected chi connectivity index (χ3v) is 4.77. The van der Waals surface area contributed by atoms with Gasteiger partial charge in [0, 0.05) is 5.56 Å². The van der Waals surface area contributed by atoms with E-state index in [9.17, 15) is 14.7 Å². The summed E-state index contributed by atoms with van der Waals surface area (Å²) in [5.41, 5.74) is 0.894. The number of carboxylic acid groups (broad SMARTS) is 1. The van der Waals surface area contributed by atoms with Crippen molar-refractivity contribution in [3.05, 3.63) is 65.7 Å². The monoisotopic (exact) mass is 353 g/mol. The first-order valence-corrected chi connectivity index (χ1v) is 8.87. The van der Waals surface area contributed by atoms with E-state index in [-0.39, 0.29) is 12.3 Å². The number of benzene rings is 2. The molecule has 1 amide bonds. The number of amides is 1. The first kappa shape index (κ1) is 18.0. The number of rotatable bonds is 7. The number of aliphatic carboxylic acids is 1. The second-order valence-electron chi connectivity index (χ2n) is 6.81. The van der Waals surface area contributed by atoms with E-state index in [4.69, 9.17) is 4.74 Å². The van der Waals surface area contributed by atoms with Crippen LogP contribution in [0.3, 0.4) is 0 Å². The molecule has 26 heavy (non-hydrogen) atoms. The zero-order valence-corrected chi connectivity index (χ0v) is 14.6. The summed E-state index contributed by atoms with van der Waals surface area (Å²) in [7, 11) is 0. The molecule has 0 spiro atoms. The molecule has 0 heterocycles. The van der Waals surface area contributed by atoms with Crippen LogP contribution in [0.15, 0.2) is 54.6 Å². The lowest BCUT2D eigenvalue weighted by atomic mass is 9.92. The van der Waals surface area contributed by atoms with Gasteiger partial charge in [0.1, 0.15) is 12.4 Å². The average Bonchev–Trinajstić information content (AvgIpc) is 3.08. The summed E-state index contributed by atoms with van der Waals surface area (Å²) in [6.07, 6.45) is 3.25. The Bertz CT molecular complexity index is 767. The summed E-state index contributed by atoms with van der Waals surface area (Å²) in [5, 5.41) is 12.1. The Morgan fingerprint density at radius 3 is 2.46 bits per heavy atom. The van der Waals surface area contributed by atoms with Gasteiger partial charge in [-0.25, -0.2) is 0 Å². The Morgan fingerprint density at radius 2 is 1.77 bits per heavy atom. The van der Waals surface area contributed by atoms with E-state index in [0.29, 0.717) is 30.8 Å². The highest BCUT2D eigenvalue weighted by Crippen LogP contribution is 2.33. The predicted molar refractivity (Wildman–Crippen MR) is 98.1 cm³/mol. The zero-order chi connectivity index (χ0) is 18.4. The molecule has 0 atom stereocenters. The van der Waals surface area contributed by atoms with Gasteiger partial charge in [0.25, 0.3) is 5.91 Å². The van der Waals surface area contributed by atoms with E-state index in [1.54, 1.807) is 18.2 Å². The van der Waals surface area contributed by atoms with Gasteiger partial charge in [-0.2, -0.15) is 0 Å². The largest absolute Gasteiger partial charge is 0.489 e. The molecule has 2 aromatic rings. The number of nitrogens with one attached hydrogen (secondary N) is 1. The van der Waals surface area contributed by atoms with Crippen molar-refractivity contribution in [1.29, 1.82) is 0 Å². The fourth-order valence-electron chi connectivity index (χ4n) is 3.47. The SMILES string of the molecule is O=C(O)CC1(NC(=O)c2cccc(OCc3ccccc3)c2)CCCC1. The van der Waals surface area contributed by atoms with Gasteiger partial charge in [-0.05, 0) is 36.6 Å². The molecule has 2 aromatic carbocycles. The van der Waals surface area contributed by atoms with E-state index in [0.717, 1.165) is 18.4 Å². The van der Waals surface area contributed by atoms with E-state index in [2.05, 4.69) is 5.32 Å². The van der Waals surface area contributed by atoms with Crippen molar-refractivity contribution in [2.45, 2.75) is 44.2 Å². The van der Waals surface area contributed by atoms with Gasteiger partial charge in [-0.15, -0.1) is 0 Å². The van der Waals surface area contributed by atoms with Crippen molar-refractivity contribution in [2.24, 2.45) is 0 Å². The third-order valence-electron chi connectivity index (χ3n) is 4.77. The molecule has 1 aliphatic carbocycles. The molecule has 0 unspecified atom stereocenters. The van der Waals surface area contributed by atoms with E-state index in [1.807, 2.05) is 36.4 Å². The Hall–Kier alpha value is -2.82. The first-order chi connectivity index (χ1) is 12.6. The number of carbonyl (C=O) groups is 2. The van der Waals surface area contributed by atoms with Crippen molar-refractivity contribution in [2.75, 3.05) is 0 Å². The molecule has 2 N–H and O–H groups in total. The number of hydrogen-bond acceptors (Lipinski definition) is 3. The van der Waals surface area contributed by atoms with Crippen LogP contribution in [0.1, 0.15) is 48.0 Å². The van der Waals surface area contributed by atoms with Crippen LogP contribution in [0.2, 0.25) is 0 Å². The molecule has 0 bridgehead atoms. The zero-order valence-electron chi connectivity index (χ0n) is 14.6. The minimum absolute atomic E-state index is 0.0388. The van der Waals surface area contributed by atoms with Crippen LogP contribution < -0.4 is 10.1 Å². The number of hydrogen-bond donors (Lipinski definition) is 2. The standard InChI is InChI=1S/C21H23NO4/c23-19(24)14-21(11-4-5-12-21)22-20(25)17-9-6-10-18(13-17)26-15-16-7-2-1-3-8-16/h1-3,6-10,13H,4-5,11-12,14-15H2,(H,22,25)(H,23,24). The molecule has 0 aliphatic heterocycles. The lowest BCUT2D eigenvalue weighted by molar-refractivity contribution is -0.138. The topological polar surface area (TPSA) is 75.6 Å². The van der Waals surface area contributed by atoms with Gasteiger partial charge < -0.3 is 15.2 Å². The number of ether oxygens (including phenoxy) is 1. The summed E-state index contributed by atoms with van der Waals surface area (Å²) in [4.78, 5) is 23.8. The molecule has 0 aromatic heterocycles. The maximum absolute atomic E-state index is 12.7. The second-order valence-corrected chi connectivity index (χ2v) is 6.81. The maximum atomic E-state index is 12.7. The smallest absolute Gasteiger partial charge is 0.305 e. The van der Waals surface area contributed by atoms with Crippen LogP contribution in [-0.4, -0.2) is 22.5 Å². The van der Waals surface area contributed by atoms with Gasteiger partial charge in [0.15, 0.2) is 0 Å². The molecule has 136 valence electrons. The molecule has 1 saturated carbocycles. The van der Waals surface area contributed by atoms with Crippen LogP contribution >= 0.6 is 0 Å². The van der Waals surface area contributed by atoms with Gasteiger partial charge in [0.2, 0.25) is 0 Å². The average molecular weight is 353 g/mol. The molecule has 3 rings (SSSR count). The molecule has 1 fully saturated rings. The highest BCUT2D eigenvalue weighted by molar-refractivity contribution is 5.95. The molecule has 5 nitrogen and oxygen atoms in total. The van der Waals surface area contributed by atoms with Crippen molar-refractivity contribution >= 4 is 11.9 Å². The molecule has 5 heteroatoms. The molecule has 0 saturated heterocycles. The van der Waals surface area contributed by atoms with Gasteiger partial charge in [-0.1, -0.05) is 49.2 Å². The summed E-state index contributed by atoms with van der Waals surface area (Å²) in [6, 6.07) is 16.8. The maximum Gasteiger partial charge on any atom is 0.305 e. The van der Waals surface area contributed by atoms with Crippen LogP contribution in [-0.2, 0) is 11.4 Å². The molecular weight excluding hydrogens is 330 g/mol. The van der Waals surface area contributed by atoms with Gasteiger partial charge in [-0.3, -0.25) is 9.59 Å². The van der Waals surface area contributed by atoms with E-state index in [1.165, 1.54) is 0 Å². The molecular formula is C21H23NO4. The van der Waals surface area contributed by atoms with Crippen LogP contribution in [0, 0.1) is 0 Å². The Morgan fingerprint density at radius 1 is 1.04 bits per heavy atom. The normalized spacial score (nSPS) is 15.4. The highest BCUT2D eigenvalue weighted by Gasteiger charge is 2.37. The number of carboxylic acids is 1. The first-order valence-electron chi connectivity index (χ1n) is 8.87. The summed E-state index contributed by atoms with van der Waals surface area (Å²) in [5.74, 6) is -0.523. The van der Waals surface area contributed by atoms with E-state index >= 15 is 0 Å². The second kappa shape index (κ2) is 8.04. The lowest BCUT2D eigenvalue weighted by Gasteiger charge is -2.28. The fourth-order valence-corrected chi connectivity index (χ4v) is 3.47. The molecule has 0 radical (unpaired) electrons. The molecule has 1 aliphatic rings. The van der Waals surface area contributed by atoms with Crippen molar-refractivity contribution < 1.29 is 19.4 Å². The van der Waals surface area contributed by atoms with Crippen molar-refractivity contribution in [3.8, 4) is 5.75 Å². The van der Waals surface area contributed by atoms with Crippen LogP contribution in [0.4, 0.5) is 0 Å². The van der Waals surface area contributed by atoms with E-state index < -0.39 is 11.5 Å². The fraction of sp³-hybridized carbons (Fsp3) is 0.333. The predicted octanol–water partition coefficient (Wildman–Crippen LogP) is 3.78. The van der Waals surface area contributed by atoms with Crippen molar-refractivity contribution in [3.63, 3.8) is 0 Å². The van der Waals surface area contributed by atoms with Gasteiger partial charge in [0.05, 0.1) is 12.0 Å². The number of carbonyl (C=O) groups excluding carboxylic acids is 1. The van der Waals surface area contributed by atoms with Gasteiger partial charge >= 0.3 is 5.97 Å². The van der Waals surface area contributed by atoms with Crippen LogP contribution in [0.25, 0.3) is 0 Å². The Labute approximate surface area is 153 Å². The highest BCUT2D eigenvalue weighted by atomic mass is 16.5. The summed E-state index contributed by atoms with van der Waals surface area (Å²) in [6.45, 7) is 0.425. The third kappa shape index (κ3) is 4.63. The minimum Gasteiger partial charge on any atom is -0.489 e. The lowest BCUT2D eigenvalue weighted by Crippen LogP contribution is -2.47. The Balaban J connectivity index is 1.66. The van der Waals surface area contributed by atoms with Crippen LogP contribution in [0.5, 0.6) is 5.75 Å². The minimum atomic E-state index is -0.882. The summed E-state index contributed by atoms with van der Waals surface area (Å²) < 4.78 is 5.77. The van der Waals surface area contributed by atoms with Crippen molar-refractivity contribution in [1.82, 2.24) is 5.32 Å². The summed E-state index contributed by atoms with van der Waals surface area (Å²) >= 11 is 0. The Kier molecular flexibility index (Phi) is 5.56. The quantitative estimate of drug-likeness (QED) is 0.794.